The van der Waals surface area contributed by atoms with Gasteiger partial charge in [0.2, 0.25) is 0 Å². The Morgan fingerprint density at radius 3 is 2.36 bits per heavy atom. The molecule has 0 bridgehead atoms. The lowest BCUT2D eigenvalue weighted by Crippen LogP contribution is -2.30. The Bertz CT molecular complexity index is 853. The molecule has 9 heteroatoms. The average Bonchev–Trinajstić information content (AvgIpc) is 2.63. The van der Waals surface area contributed by atoms with Crippen molar-refractivity contribution in [3.05, 3.63) is 64.2 Å². The maximum atomic E-state index is 12.8. The molecule has 0 aliphatic heterocycles. The molecule has 0 heterocycles. The van der Waals surface area contributed by atoms with Gasteiger partial charge in [0, 0.05) is 7.11 Å². The summed E-state index contributed by atoms with van der Waals surface area (Å²) in [6.07, 6.45) is -5.84. The Kier molecular flexibility index (Phi) is 7.04. The molecule has 28 heavy (non-hydrogen) atoms. The van der Waals surface area contributed by atoms with Crippen LogP contribution in [0.25, 0.3) is 0 Å². The van der Waals surface area contributed by atoms with Crippen LogP contribution in [0.1, 0.15) is 28.4 Å². The van der Waals surface area contributed by atoms with Gasteiger partial charge in [0.05, 0.1) is 28.4 Å². The Labute approximate surface area is 164 Å². The molecule has 0 aliphatic rings. The molecule has 2 aromatic rings. The van der Waals surface area contributed by atoms with Crippen LogP contribution in [0.3, 0.4) is 0 Å². The quantitative estimate of drug-likeness (QED) is 0.695. The number of anilines is 1. The van der Waals surface area contributed by atoms with Crippen LogP contribution in [0.15, 0.2) is 42.5 Å². The second kappa shape index (κ2) is 9.07. The normalized spacial score (nSPS) is 12.4. The van der Waals surface area contributed by atoms with Gasteiger partial charge >= 0.3 is 12.1 Å². The number of nitrogens with one attached hydrogen (secondary N) is 1. The minimum Gasteiger partial charge on any atom is -0.449 e. The standard InChI is InChI=1S/C19H17ClF3NO4/c1-11(28-18(26)13-5-3-12(4-6-13)10-27-2)17(25)24-16-9-14(19(21,22)23)7-8-15(16)20/h3-9,11H,10H2,1-2H3,(H,24,25)/t11-/m0/s1. The molecule has 0 aromatic heterocycles. The van der Waals surface area contributed by atoms with Gasteiger partial charge in [-0.15, -0.1) is 0 Å². The fraction of sp³-hybridized carbons (Fsp3) is 0.263. The van der Waals surface area contributed by atoms with Gasteiger partial charge in [0.15, 0.2) is 6.10 Å². The Morgan fingerprint density at radius 1 is 1.14 bits per heavy atom. The van der Waals surface area contributed by atoms with Crippen molar-refractivity contribution in [3.63, 3.8) is 0 Å². The summed E-state index contributed by atoms with van der Waals surface area (Å²) in [5.41, 5.74) is -0.123. The fourth-order valence-corrected chi connectivity index (χ4v) is 2.38. The number of carbonyl (C=O) groups excluding carboxylic acids is 2. The molecule has 0 radical (unpaired) electrons. The lowest BCUT2D eigenvalue weighted by molar-refractivity contribution is -0.137. The molecule has 0 unspecified atom stereocenters. The van der Waals surface area contributed by atoms with Gasteiger partial charge in [-0.1, -0.05) is 23.7 Å². The highest BCUT2D eigenvalue weighted by molar-refractivity contribution is 6.33. The maximum absolute atomic E-state index is 12.8. The third-order valence-electron chi connectivity index (χ3n) is 3.71. The summed E-state index contributed by atoms with van der Waals surface area (Å²) in [4.78, 5) is 24.3. The van der Waals surface area contributed by atoms with Crippen LogP contribution < -0.4 is 5.32 Å². The highest BCUT2D eigenvalue weighted by atomic mass is 35.5. The molecular formula is C19H17ClF3NO4. The van der Waals surface area contributed by atoms with E-state index in [2.05, 4.69) is 5.32 Å². The van der Waals surface area contributed by atoms with Gasteiger partial charge in [0.1, 0.15) is 0 Å². The van der Waals surface area contributed by atoms with Crippen molar-refractivity contribution in [2.75, 3.05) is 12.4 Å². The van der Waals surface area contributed by atoms with Gasteiger partial charge < -0.3 is 14.8 Å². The Morgan fingerprint density at radius 2 is 1.79 bits per heavy atom. The largest absolute Gasteiger partial charge is 0.449 e. The molecule has 1 N–H and O–H groups in total. The van der Waals surface area contributed by atoms with Crippen LogP contribution in [0.4, 0.5) is 18.9 Å². The molecule has 1 atom stereocenters. The Hall–Kier alpha value is -2.58. The van der Waals surface area contributed by atoms with E-state index in [4.69, 9.17) is 21.1 Å². The van der Waals surface area contributed by atoms with Crippen LogP contribution in [0.5, 0.6) is 0 Å². The fourth-order valence-electron chi connectivity index (χ4n) is 2.22. The van der Waals surface area contributed by atoms with E-state index in [-0.39, 0.29) is 16.3 Å². The number of amides is 1. The number of methoxy groups -OCH3 is 1. The molecule has 2 rings (SSSR count). The van der Waals surface area contributed by atoms with E-state index in [0.29, 0.717) is 12.7 Å². The predicted octanol–water partition coefficient (Wildman–Crippen LogP) is 4.69. The number of esters is 1. The number of carbonyl (C=O) groups is 2. The molecule has 0 saturated heterocycles. The number of hydrogen-bond acceptors (Lipinski definition) is 4. The first-order chi connectivity index (χ1) is 13.1. The third-order valence-corrected chi connectivity index (χ3v) is 4.03. The molecule has 150 valence electrons. The van der Waals surface area contributed by atoms with Gasteiger partial charge in [-0.3, -0.25) is 4.79 Å². The van der Waals surface area contributed by atoms with Crippen LogP contribution in [0, 0.1) is 0 Å². The van der Waals surface area contributed by atoms with Gasteiger partial charge in [-0.05, 0) is 42.8 Å². The lowest BCUT2D eigenvalue weighted by Gasteiger charge is -2.15. The number of hydrogen-bond donors (Lipinski definition) is 1. The summed E-state index contributed by atoms with van der Waals surface area (Å²) in [5, 5.41) is 2.17. The van der Waals surface area contributed by atoms with Crippen molar-refractivity contribution >= 4 is 29.2 Å². The van der Waals surface area contributed by atoms with E-state index in [1.807, 2.05) is 0 Å². The highest BCUT2D eigenvalue weighted by Gasteiger charge is 2.31. The van der Waals surface area contributed by atoms with E-state index < -0.39 is 29.7 Å². The van der Waals surface area contributed by atoms with Crippen molar-refractivity contribution < 1.29 is 32.2 Å². The second-order valence-electron chi connectivity index (χ2n) is 5.86. The topological polar surface area (TPSA) is 64.6 Å². The summed E-state index contributed by atoms with van der Waals surface area (Å²) in [7, 11) is 1.54. The zero-order chi connectivity index (χ0) is 20.9. The van der Waals surface area contributed by atoms with E-state index in [1.165, 1.54) is 19.1 Å². The predicted molar refractivity (Wildman–Crippen MR) is 97.1 cm³/mol. The van der Waals surface area contributed by atoms with E-state index in [9.17, 15) is 22.8 Å². The van der Waals surface area contributed by atoms with Gasteiger partial charge in [0.25, 0.3) is 5.91 Å². The van der Waals surface area contributed by atoms with Crippen LogP contribution in [-0.4, -0.2) is 25.1 Å². The number of ether oxygens (including phenoxy) is 2. The third kappa shape index (κ3) is 5.71. The first-order valence-electron chi connectivity index (χ1n) is 8.08. The first-order valence-corrected chi connectivity index (χ1v) is 8.46. The highest BCUT2D eigenvalue weighted by Crippen LogP contribution is 2.33. The van der Waals surface area contributed by atoms with Crippen molar-refractivity contribution in [2.45, 2.75) is 25.8 Å². The summed E-state index contributed by atoms with van der Waals surface area (Å²) >= 11 is 5.84. The molecule has 2 aromatic carbocycles. The zero-order valence-corrected chi connectivity index (χ0v) is 15.7. The minimum atomic E-state index is -4.59. The number of benzene rings is 2. The minimum absolute atomic E-state index is 0.0754. The summed E-state index contributed by atoms with van der Waals surface area (Å²) in [6.45, 7) is 1.68. The zero-order valence-electron chi connectivity index (χ0n) is 15.0. The van der Waals surface area contributed by atoms with Crippen LogP contribution >= 0.6 is 11.6 Å². The van der Waals surface area contributed by atoms with Gasteiger partial charge in [-0.25, -0.2) is 4.79 Å². The lowest BCUT2D eigenvalue weighted by atomic mass is 10.1. The molecule has 0 spiro atoms. The molecule has 0 aliphatic carbocycles. The van der Waals surface area contributed by atoms with Crippen LogP contribution in [0.2, 0.25) is 5.02 Å². The summed E-state index contributed by atoms with van der Waals surface area (Å²) in [5.74, 6) is -1.56. The average molecular weight is 416 g/mol. The summed E-state index contributed by atoms with van der Waals surface area (Å²) in [6, 6.07) is 8.92. The number of halogens is 4. The van der Waals surface area contributed by atoms with Gasteiger partial charge in [-0.2, -0.15) is 13.2 Å². The molecule has 0 fully saturated rings. The SMILES string of the molecule is COCc1ccc(C(=O)O[C@@H](C)C(=O)Nc2cc(C(F)(F)F)ccc2Cl)cc1. The van der Waals surface area contributed by atoms with Crippen molar-refractivity contribution in [3.8, 4) is 0 Å². The molecule has 0 saturated carbocycles. The maximum Gasteiger partial charge on any atom is 0.416 e. The van der Waals surface area contributed by atoms with E-state index in [0.717, 1.165) is 17.7 Å². The molecule has 1 amide bonds. The van der Waals surface area contributed by atoms with Crippen molar-refractivity contribution in [2.24, 2.45) is 0 Å². The smallest absolute Gasteiger partial charge is 0.416 e. The number of rotatable bonds is 6. The van der Waals surface area contributed by atoms with Crippen molar-refractivity contribution in [1.82, 2.24) is 0 Å². The molecule has 5 nitrogen and oxygen atoms in total. The van der Waals surface area contributed by atoms with Crippen LogP contribution in [-0.2, 0) is 27.1 Å². The second-order valence-corrected chi connectivity index (χ2v) is 6.27. The number of alkyl halides is 3. The van der Waals surface area contributed by atoms with E-state index >= 15 is 0 Å². The molecular weight excluding hydrogens is 399 g/mol. The summed E-state index contributed by atoms with van der Waals surface area (Å²) < 4.78 is 48.4. The monoisotopic (exact) mass is 415 g/mol. The first kappa shape index (κ1) is 21.7. The van der Waals surface area contributed by atoms with E-state index in [1.54, 1.807) is 19.2 Å². The Balaban J connectivity index is 2.03. The van der Waals surface area contributed by atoms with Crippen molar-refractivity contribution in [1.29, 1.82) is 0 Å².